The molecule has 0 unspecified atom stereocenters. The first-order valence-electron chi connectivity index (χ1n) is 6.95. The maximum Gasteiger partial charge on any atom is 0.188 e. The van der Waals surface area contributed by atoms with Crippen LogP contribution in [0.15, 0.2) is 0 Å². The van der Waals surface area contributed by atoms with Gasteiger partial charge >= 0.3 is 0 Å². The minimum atomic E-state index is 0.812. The molecule has 0 amide bonds. The maximum absolute atomic E-state index is 5.14. The number of hydrogen-bond donors (Lipinski definition) is 0. The van der Waals surface area contributed by atoms with Crippen molar-refractivity contribution in [3.63, 3.8) is 0 Å². The molecule has 1 aliphatic rings. The van der Waals surface area contributed by atoms with Crippen LogP contribution in [0.1, 0.15) is 5.69 Å². The fraction of sp³-hybridized carbons (Fsp3) is 0.692. The lowest BCUT2D eigenvalue weighted by Crippen LogP contribution is -2.47. The Bertz CT molecular complexity index is 550. The van der Waals surface area contributed by atoms with Crippen LogP contribution < -0.4 is 4.90 Å². The van der Waals surface area contributed by atoms with Crippen molar-refractivity contribution in [3.05, 3.63) is 5.69 Å². The molecule has 0 bridgehead atoms. The third-order valence-corrected chi connectivity index (χ3v) is 5.00. The van der Waals surface area contributed by atoms with Gasteiger partial charge in [-0.2, -0.15) is 5.10 Å². The highest BCUT2D eigenvalue weighted by Gasteiger charge is 2.21. The van der Waals surface area contributed by atoms with Gasteiger partial charge in [0.15, 0.2) is 10.8 Å². The first-order chi connectivity index (χ1) is 9.69. The van der Waals surface area contributed by atoms with Crippen molar-refractivity contribution in [2.45, 2.75) is 6.92 Å². The van der Waals surface area contributed by atoms with E-state index in [1.165, 1.54) is 4.70 Å². The van der Waals surface area contributed by atoms with Crippen LogP contribution in [0, 0.1) is 6.92 Å². The summed E-state index contributed by atoms with van der Waals surface area (Å²) < 4.78 is 8.22. The molecule has 2 aromatic rings. The van der Waals surface area contributed by atoms with E-state index in [0.29, 0.717) is 0 Å². The number of fused-ring (bicyclic) bond motifs is 1. The number of methoxy groups -OCH3 is 1. The average Bonchev–Trinajstić information content (AvgIpc) is 3.00. The molecule has 7 heteroatoms. The van der Waals surface area contributed by atoms with Crippen molar-refractivity contribution in [1.29, 1.82) is 0 Å². The predicted octanol–water partition coefficient (Wildman–Crippen LogP) is 1.11. The Hall–Kier alpha value is -1.18. The largest absolute Gasteiger partial charge is 0.383 e. The lowest BCUT2D eigenvalue weighted by molar-refractivity contribution is 0.144. The number of thiazole rings is 1. The van der Waals surface area contributed by atoms with E-state index in [9.17, 15) is 0 Å². The molecule has 0 aliphatic carbocycles. The summed E-state index contributed by atoms with van der Waals surface area (Å²) in [7, 11) is 3.72. The lowest BCUT2D eigenvalue weighted by Gasteiger charge is -2.34. The normalized spacial score (nSPS) is 17.2. The number of hydrogen-bond acceptors (Lipinski definition) is 6. The standard InChI is InChI=1S/C13H21N5OS/c1-10-11-12(16(2)15-10)14-13(20-11)18-6-4-17(5-7-18)8-9-19-3/h4-9H2,1-3H3. The quantitative estimate of drug-likeness (QED) is 0.845. The Balaban J connectivity index is 1.69. The van der Waals surface area contributed by atoms with E-state index in [-0.39, 0.29) is 0 Å². The number of ether oxygens (including phenoxy) is 1. The zero-order chi connectivity index (χ0) is 14.1. The van der Waals surface area contributed by atoms with Gasteiger partial charge in [0.25, 0.3) is 0 Å². The number of anilines is 1. The van der Waals surface area contributed by atoms with Gasteiger partial charge in [-0.25, -0.2) is 9.67 Å². The summed E-state index contributed by atoms with van der Waals surface area (Å²) in [5.74, 6) is 0. The minimum absolute atomic E-state index is 0.812. The fourth-order valence-corrected chi connectivity index (χ4v) is 3.68. The number of rotatable bonds is 4. The molecule has 2 aromatic heterocycles. The van der Waals surface area contributed by atoms with Crippen LogP contribution in [0.5, 0.6) is 0 Å². The van der Waals surface area contributed by atoms with Crippen molar-refractivity contribution < 1.29 is 4.74 Å². The molecule has 3 rings (SSSR count). The second-order valence-corrected chi connectivity index (χ2v) is 6.16. The molecule has 1 fully saturated rings. The van der Waals surface area contributed by atoms with E-state index in [4.69, 9.17) is 9.72 Å². The summed E-state index contributed by atoms with van der Waals surface area (Å²) in [6.45, 7) is 8.12. The highest BCUT2D eigenvalue weighted by molar-refractivity contribution is 7.22. The highest BCUT2D eigenvalue weighted by Crippen LogP contribution is 2.31. The number of aryl methyl sites for hydroxylation is 2. The highest BCUT2D eigenvalue weighted by atomic mass is 32.1. The van der Waals surface area contributed by atoms with Crippen molar-refractivity contribution >= 4 is 26.8 Å². The number of aromatic nitrogens is 3. The van der Waals surface area contributed by atoms with E-state index in [2.05, 4.69) is 14.9 Å². The van der Waals surface area contributed by atoms with Crippen molar-refractivity contribution in [2.75, 3.05) is 51.3 Å². The molecule has 6 nitrogen and oxygen atoms in total. The molecule has 0 aromatic carbocycles. The van der Waals surface area contributed by atoms with Gasteiger partial charge in [0, 0.05) is 46.9 Å². The Morgan fingerprint density at radius 2 is 2.00 bits per heavy atom. The van der Waals surface area contributed by atoms with Gasteiger partial charge in [-0.1, -0.05) is 11.3 Å². The third-order valence-electron chi connectivity index (χ3n) is 3.79. The molecular weight excluding hydrogens is 274 g/mol. The van der Waals surface area contributed by atoms with Crippen LogP contribution in [0.4, 0.5) is 5.13 Å². The Labute approximate surface area is 122 Å². The first kappa shape index (κ1) is 13.8. The van der Waals surface area contributed by atoms with E-state index in [0.717, 1.165) is 55.8 Å². The van der Waals surface area contributed by atoms with Gasteiger partial charge in [-0.3, -0.25) is 4.90 Å². The topological polar surface area (TPSA) is 46.4 Å². The van der Waals surface area contributed by atoms with Crippen LogP contribution in [0.2, 0.25) is 0 Å². The van der Waals surface area contributed by atoms with E-state index >= 15 is 0 Å². The van der Waals surface area contributed by atoms with Crippen LogP contribution in [-0.2, 0) is 11.8 Å². The van der Waals surface area contributed by atoms with E-state index in [1.54, 1.807) is 18.4 Å². The third kappa shape index (κ3) is 2.53. The molecule has 110 valence electrons. The van der Waals surface area contributed by atoms with Crippen LogP contribution in [0.25, 0.3) is 10.3 Å². The molecule has 0 N–H and O–H groups in total. The number of nitrogens with zero attached hydrogens (tertiary/aromatic N) is 5. The maximum atomic E-state index is 5.14. The summed E-state index contributed by atoms with van der Waals surface area (Å²) >= 11 is 1.76. The van der Waals surface area contributed by atoms with Gasteiger partial charge in [0.1, 0.15) is 0 Å². The lowest BCUT2D eigenvalue weighted by atomic mass is 10.3. The van der Waals surface area contributed by atoms with Crippen LogP contribution in [0.3, 0.4) is 0 Å². The molecule has 0 saturated carbocycles. The van der Waals surface area contributed by atoms with Gasteiger partial charge < -0.3 is 9.64 Å². The van der Waals surface area contributed by atoms with Crippen molar-refractivity contribution in [3.8, 4) is 0 Å². The molecule has 0 atom stereocenters. The SMILES string of the molecule is COCCN1CCN(c2nc3c(s2)c(C)nn3C)CC1. The molecule has 0 radical (unpaired) electrons. The van der Waals surface area contributed by atoms with Gasteiger partial charge in [0.05, 0.1) is 17.0 Å². The molecule has 20 heavy (non-hydrogen) atoms. The molecule has 0 spiro atoms. The second kappa shape index (κ2) is 5.67. The zero-order valence-corrected chi connectivity index (χ0v) is 13.1. The Kier molecular flexibility index (Phi) is 3.91. The smallest absolute Gasteiger partial charge is 0.188 e. The summed E-state index contributed by atoms with van der Waals surface area (Å²) in [5, 5.41) is 5.53. The van der Waals surface area contributed by atoms with Crippen molar-refractivity contribution in [1.82, 2.24) is 19.7 Å². The zero-order valence-electron chi connectivity index (χ0n) is 12.3. The summed E-state index contributed by atoms with van der Waals surface area (Å²) in [4.78, 5) is 9.57. The Morgan fingerprint density at radius 1 is 1.25 bits per heavy atom. The van der Waals surface area contributed by atoms with Crippen LogP contribution >= 0.6 is 11.3 Å². The van der Waals surface area contributed by atoms with E-state index in [1.807, 2.05) is 18.7 Å². The fourth-order valence-electron chi connectivity index (χ4n) is 2.59. The molecule has 3 heterocycles. The summed E-state index contributed by atoms with van der Waals surface area (Å²) in [6.07, 6.45) is 0. The number of piperazine rings is 1. The summed E-state index contributed by atoms with van der Waals surface area (Å²) in [6, 6.07) is 0. The molecule has 1 saturated heterocycles. The van der Waals surface area contributed by atoms with Gasteiger partial charge in [-0.15, -0.1) is 0 Å². The minimum Gasteiger partial charge on any atom is -0.383 e. The molecular formula is C13H21N5OS. The van der Waals surface area contributed by atoms with Gasteiger partial charge in [-0.05, 0) is 6.92 Å². The average molecular weight is 295 g/mol. The second-order valence-electron chi connectivity index (χ2n) is 5.18. The molecule has 1 aliphatic heterocycles. The monoisotopic (exact) mass is 295 g/mol. The predicted molar refractivity (Wildman–Crippen MR) is 81.7 cm³/mol. The van der Waals surface area contributed by atoms with Gasteiger partial charge in [0.2, 0.25) is 0 Å². The van der Waals surface area contributed by atoms with E-state index < -0.39 is 0 Å². The first-order valence-corrected chi connectivity index (χ1v) is 7.77. The van der Waals surface area contributed by atoms with Crippen molar-refractivity contribution in [2.24, 2.45) is 7.05 Å². The Morgan fingerprint density at radius 3 is 2.65 bits per heavy atom. The summed E-state index contributed by atoms with van der Waals surface area (Å²) in [5.41, 5.74) is 2.08. The van der Waals surface area contributed by atoms with Crippen LogP contribution in [-0.4, -0.2) is 66.1 Å².